The number of rotatable bonds is 5. The topological polar surface area (TPSA) is 66.3 Å². The van der Waals surface area contributed by atoms with Gasteiger partial charge in [-0.1, -0.05) is 0 Å². The molecule has 0 aromatic carbocycles. The van der Waals surface area contributed by atoms with E-state index in [0.717, 1.165) is 12.5 Å². The molecule has 0 saturated heterocycles. The fourth-order valence-electron chi connectivity index (χ4n) is 1.96. The van der Waals surface area contributed by atoms with Gasteiger partial charge in [0.15, 0.2) is 5.69 Å². The van der Waals surface area contributed by atoms with E-state index < -0.39 is 5.97 Å². The van der Waals surface area contributed by atoms with Gasteiger partial charge in [-0.05, 0) is 37.7 Å². The van der Waals surface area contributed by atoms with Gasteiger partial charge in [0, 0.05) is 18.8 Å². The zero-order chi connectivity index (χ0) is 11.8. The SMILES string of the molecule is O=C(O)c1ccnc(N(CC2CC2)C2CC2)n1. The molecule has 1 N–H and O–H groups in total. The maximum absolute atomic E-state index is 10.9. The standard InChI is InChI=1S/C12H15N3O2/c16-11(17)10-5-6-13-12(14-10)15(9-3-4-9)7-8-1-2-8/h5-6,8-9H,1-4,7H2,(H,16,17). The first-order chi connectivity index (χ1) is 8.24. The predicted molar refractivity (Wildman–Crippen MR) is 62.1 cm³/mol. The van der Waals surface area contributed by atoms with Crippen molar-refractivity contribution >= 4 is 11.9 Å². The maximum Gasteiger partial charge on any atom is 0.354 e. The lowest BCUT2D eigenvalue weighted by molar-refractivity contribution is 0.0690. The Kier molecular flexibility index (Phi) is 2.46. The number of hydrogen-bond acceptors (Lipinski definition) is 4. The number of nitrogens with zero attached hydrogens (tertiary/aromatic N) is 3. The number of aromatic nitrogens is 2. The van der Waals surface area contributed by atoms with Crippen LogP contribution in [-0.4, -0.2) is 33.6 Å². The van der Waals surface area contributed by atoms with E-state index in [-0.39, 0.29) is 5.69 Å². The van der Waals surface area contributed by atoms with Crippen LogP contribution in [0.5, 0.6) is 0 Å². The summed E-state index contributed by atoms with van der Waals surface area (Å²) in [6.45, 7) is 0.980. The monoisotopic (exact) mass is 233 g/mol. The molecule has 90 valence electrons. The first-order valence-corrected chi connectivity index (χ1v) is 6.07. The normalized spacial score (nSPS) is 19.1. The number of hydrogen-bond donors (Lipinski definition) is 1. The van der Waals surface area contributed by atoms with Crippen molar-refractivity contribution < 1.29 is 9.90 Å². The molecule has 0 atom stereocenters. The molecule has 0 bridgehead atoms. The second kappa shape index (κ2) is 3.98. The quantitative estimate of drug-likeness (QED) is 0.835. The molecule has 0 aliphatic heterocycles. The smallest absolute Gasteiger partial charge is 0.354 e. The second-order valence-corrected chi connectivity index (χ2v) is 4.87. The van der Waals surface area contributed by atoms with E-state index in [9.17, 15) is 4.79 Å². The van der Waals surface area contributed by atoms with Crippen molar-refractivity contribution in [2.75, 3.05) is 11.4 Å². The summed E-state index contributed by atoms with van der Waals surface area (Å²) < 4.78 is 0. The van der Waals surface area contributed by atoms with Crippen LogP contribution in [0.3, 0.4) is 0 Å². The van der Waals surface area contributed by atoms with Crippen molar-refractivity contribution in [3.63, 3.8) is 0 Å². The van der Waals surface area contributed by atoms with Crippen molar-refractivity contribution in [2.24, 2.45) is 5.92 Å². The molecule has 2 aliphatic carbocycles. The van der Waals surface area contributed by atoms with Crippen LogP contribution in [0.4, 0.5) is 5.95 Å². The Morgan fingerprint density at radius 2 is 2.18 bits per heavy atom. The van der Waals surface area contributed by atoms with Gasteiger partial charge < -0.3 is 10.0 Å². The van der Waals surface area contributed by atoms with E-state index in [1.165, 1.54) is 37.9 Å². The van der Waals surface area contributed by atoms with Gasteiger partial charge in [-0.15, -0.1) is 0 Å². The fourth-order valence-corrected chi connectivity index (χ4v) is 1.96. The van der Waals surface area contributed by atoms with E-state index >= 15 is 0 Å². The molecule has 1 aromatic heterocycles. The van der Waals surface area contributed by atoms with E-state index in [2.05, 4.69) is 14.9 Å². The summed E-state index contributed by atoms with van der Waals surface area (Å²) in [5.41, 5.74) is 0.0800. The molecule has 0 amide bonds. The molecule has 2 aliphatic rings. The van der Waals surface area contributed by atoms with Crippen LogP contribution in [0.1, 0.15) is 36.2 Å². The Labute approximate surface area is 99.5 Å². The third-order valence-corrected chi connectivity index (χ3v) is 3.26. The molecule has 0 spiro atoms. The molecule has 2 saturated carbocycles. The minimum absolute atomic E-state index is 0.0800. The first kappa shape index (κ1) is 10.5. The summed E-state index contributed by atoms with van der Waals surface area (Å²) in [6.07, 6.45) is 6.44. The zero-order valence-corrected chi connectivity index (χ0v) is 9.54. The molecule has 1 heterocycles. The molecule has 5 heteroatoms. The first-order valence-electron chi connectivity index (χ1n) is 6.07. The lowest BCUT2D eigenvalue weighted by atomic mass is 10.3. The fraction of sp³-hybridized carbons (Fsp3) is 0.583. The molecule has 0 radical (unpaired) electrons. The summed E-state index contributed by atoms with van der Waals surface area (Å²) in [7, 11) is 0. The molecular weight excluding hydrogens is 218 g/mol. The van der Waals surface area contributed by atoms with Gasteiger partial charge in [0.05, 0.1) is 0 Å². The van der Waals surface area contributed by atoms with E-state index in [4.69, 9.17) is 5.11 Å². The Bertz CT molecular complexity index is 441. The Hall–Kier alpha value is -1.65. The van der Waals surface area contributed by atoms with Gasteiger partial charge >= 0.3 is 5.97 Å². The highest BCUT2D eigenvalue weighted by Crippen LogP contribution is 2.36. The minimum Gasteiger partial charge on any atom is -0.477 e. The Morgan fingerprint density at radius 3 is 2.76 bits per heavy atom. The number of aromatic carboxylic acids is 1. The van der Waals surface area contributed by atoms with Crippen LogP contribution >= 0.6 is 0 Å². The van der Waals surface area contributed by atoms with Crippen LogP contribution in [0, 0.1) is 5.92 Å². The molecule has 5 nitrogen and oxygen atoms in total. The Balaban J connectivity index is 1.83. The summed E-state index contributed by atoms with van der Waals surface area (Å²) in [4.78, 5) is 21.4. The molecular formula is C12H15N3O2. The summed E-state index contributed by atoms with van der Waals surface area (Å²) >= 11 is 0. The van der Waals surface area contributed by atoms with Gasteiger partial charge in [0.2, 0.25) is 5.95 Å². The van der Waals surface area contributed by atoms with Crippen LogP contribution in [0.25, 0.3) is 0 Å². The lowest BCUT2D eigenvalue weighted by Crippen LogP contribution is -2.30. The maximum atomic E-state index is 10.9. The average Bonchev–Trinajstić information content (AvgIpc) is 3.18. The zero-order valence-electron chi connectivity index (χ0n) is 9.54. The number of anilines is 1. The molecule has 3 rings (SSSR count). The molecule has 0 unspecified atom stereocenters. The predicted octanol–water partition coefficient (Wildman–Crippen LogP) is 1.55. The number of carboxylic acid groups (broad SMARTS) is 1. The second-order valence-electron chi connectivity index (χ2n) is 4.87. The van der Waals surface area contributed by atoms with Crippen molar-refractivity contribution in [3.05, 3.63) is 18.0 Å². The highest BCUT2D eigenvalue weighted by molar-refractivity contribution is 5.85. The van der Waals surface area contributed by atoms with Crippen molar-refractivity contribution in [2.45, 2.75) is 31.7 Å². The van der Waals surface area contributed by atoms with Gasteiger partial charge in [-0.3, -0.25) is 0 Å². The van der Waals surface area contributed by atoms with Crippen molar-refractivity contribution in [1.82, 2.24) is 9.97 Å². The summed E-state index contributed by atoms with van der Waals surface area (Å²) in [6, 6.07) is 1.97. The van der Waals surface area contributed by atoms with Crippen molar-refractivity contribution in [1.29, 1.82) is 0 Å². The van der Waals surface area contributed by atoms with Gasteiger partial charge in [0.1, 0.15) is 0 Å². The van der Waals surface area contributed by atoms with Crippen LogP contribution < -0.4 is 4.90 Å². The lowest BCUT2D eigenvalue weighted by Gasteiger charge is -2.22. The minimum atomic E-state index is -0.990. The van der Waals surface area contributed by atoms with Gasteiger partial charge in [0.25, 0.3) is 0 Å². The van der Waals surface area contributed by atoms with E-state index in [1.807, 2.05) is 0 Å². The molecule has 2 fully saturated rings. The highest BCUT2D eigenvalue weighted by atomic mass is 16.4. The summed E-state index contributed by atoms with van der Waals surface area (Å²) in [5, 5.41) is 8.93. The van der Waals surface area contributed by atoms with Crippen LogP contribution in [0.15, 0.2) is 12.3 Å². The molecule has 1 aromatic rings. The van der Waals surface area contributed by atoms with E-state index in [0.29, 0.717) is 12.0 Å². The van der Waals surface area contributed by atoms with Crippen LogP contribution in [0.2, 0.25) is 0 Å². The van der Waals surface area contributed by atoms with Crippen LogP contribution in [-0.2, 0) is 0 Å². The molecule has 17 heavy (non-hydrogen) atoms. The largest absolute Gasteiger partial charge is 0.477 e. The number of carbonyl (C=O) groups is 1. The van der Waals surface area contributed by atoms with Crippen molar-refractivity contribution in [3.8, 4) is 0 Å². The summed E-state index contributed by atoms with van der Waals surface area (Å²) in [5.74, 6) is 0.350. The average molecular weight is 233 g/mol. The van der Waals surface area contributed by atoms with Gasteiger partial charge in [-0.25, -0.2) is 14.8 Å². The van der Waals surface area contributed by atoms with Gasteiger partial charge in [-0.2, -0.15) is 0 Å². The van der Waals surface area contributed by atoms with E-state index in [1.54, 1.807) is 0 Å². The number of carboxylic acids is 1. The Morgan fingerprint density at radius 1 is 1.41 bits per heavy atom. The third-order valence-electron chi connectivity index (χ3n) is 3.26. The highest BCUT2D eigenvalue weighted by Gasteiger charge is 2.35. The third kappa shape index (κ3) is 2.38.